The van der Waals surface area contributed by atoms with Crippen molar-refractivity contribution in [3.63, 3.8) is 0 Å². The lowest BCUT2D eigenvalue weighted by molar-refractivity contribution is -0.192. The van der Waals surface area contributed by atoms with E-state index >= 15 is 0 Å². The lowest BCUT2D eigenvalue weighted by Crippen LogP contribution is -2.27. The summed E-state index contributed by atoms with van der Waals surface area (Å²) in [6.07, 6.45) is 0.218. The zero-order chi connectivity index (χ0) is 28.2. The number of ether oxygens (including phenoxy) is 1. The Balaban J connectivity index is 0.000000448. The topological polar surface area (TPSA) is 125 Å². The summed E-state index contributed by atoms with van der Waals surface area (Å²) < 4.78 is 64.7. The van der Waals surface area contributed by atoms with E-state index in [1.165, 1.54) is 0 Å². The van der Waals surface area contributed by atoms with Crippen LogP contribution in [0.3, 0.4) is 0 Å². The van der Waals surface area contributed by atoms with Crippen LogP contribution in [0.1, 0.15) is 24.2 Å². The summed E-state index contributed by atoms with van der Waals surface area (Å²) in [6, 6.07) is 14.9. The molecule has 0 radical (unpaired) electrons. The smallest absolute Gasteiger partial charge is 0.486 e. The van der Waals surface area contributed by atoms with Gasteiger partial charge in [0, 0.05) is 30.4 Å². The molecule has 4 heterocycles. The number of aliphatic carboxylic acids is 1. The molecule has 0 amide bonds. The first kappa shape index (κ1) is 28.0. The molecule has 1 aliphatic rings. The van der Waals surface area contributed by atoms with Gasteiger partial charge >= 0.3 is 12.1 Å². The number of H-pyrrole nitrogens is 1. The fraction of sp³-hybridized carbons (Fsp3) is 0.269. The van der Waals surface area contributed by atoms with E-state index in [0.29, 0.717) is 30.3 Å². The molecule has 0 spiro atoms. The largest absolute Gasteiger partial charge is 0.490 e. The summed E-state index contributed by atoms with van der Waals surface area (Å²) in [5.41, 5.74) is 4.52. The number of benzene rings is 1. The number of hydrogen-bond donors (Lipinski definition) is 2. The van der Waals surface area contributed by atoms with Crippen molar-refractivity contribution in [3.05, 3.63) is 72.3 Å². The van der Waals surface area contributed by atoms with Gasteiger partial charge in [0.25, 0.3) is 0 Å². The van der Waals surface area contributed by atoms with Crippen molar-refractivity contribution < 1.29 is 36.2 Å². The molecule has 3 aromatic heterocycles. The minimum Gasteiger partial charge on any atom is -0.486 e. The maximum atomic E-state index is 12.8. The Kier molecular flexibility index (Phi) is 8.21. The first-order chi connectivity index (χ1) is 18.4. The number of pyridine rings is 2. The number of aromatic amines is 1. The average molecular weight is 563 g/mol. The van der Waals surface area contributed by atoms with E-state index < -0.39 is 22.2 Å². The summed E-state index contributed by atoms with van der Waals surface area (Å²) in [7, 11) is -3.42. The lowest BCUT2D eigenvalue weighted by atomic mass is 10.0. The number of alkyl halides is 3. The number of carbonyl (C=O) groups is 1. The Hall–Kier alpha value is -3.97. The van der Waals surface area contributed by atoms with Gasteiger partial charge in [-0.15, -0.1) is 0 Å². The van der Waals surface area contributed by atoms with Crippen molar-refractivity contribution in [2.24, 2.45) is 0 Å². The SMILES string of the molecule is Cc1ccc(OCc2cc3c(-c4ccc(S(=O)(=O)N5CCCC5)cc4)ccnc3[nH]2)cn1.O=C(O)C(F)(F)F. The molecule has 5 rings (SSSR count). The number of carboxylic acid groups (broad SMARTS) is 1. The Bertz CT molecular complexity index is 1550. The number of hydrogen-bond acceptors (Lipinski definition) is 6. The molecule has 1 saturated heterocycles. The highest BCUT2D eigenvalue weighted by Gasteiger charge is 2.38. The predicted molar refractivity (Wildman–Crippen MR) is 137 cm³/mol. The van der Waals surface area contributed by atoms with Gasteiger partial charge in [-0.1, -0.05) is 12.1 Å². The monoisotopic (exact) mass is 562 g/mol. The Labute approximate surface area is 222 Å². The molecule has 4 aromatic rings. The third kappa shape index (κ3) is 6.73. The van der Waals surface area contributed by atoms with Gasteiger partial charge in [0.2, 0.25) is 10.0 Å². The van der Waals surface area contributed by atoms with E-state index in [0.717, 1.165) is 46.4 Å². The van der Waals surface area contributed by atoms with Crippen LogP contribution in [0.25, 0.3) is 22.2 Å². The molecule has 0 bridgehead atoms. The number of fused-ring (bicyclic) bond motifs is 1. The van der Waals surface area contributed by atoms with Gasteiger partial charge in [-0.3, -0.25) is 4.98 Å². The number of nitrogens with zero attached hydrogens (tertiary/aromatic N) is 3. The fourth-order valence-corrected chi connectivity index (χ4v) is 5.51. The lowest BCUT2D eigenvalue weighted by Gasteiger charge is -2.15. The van der Waals surface area contributed by atoms with E-state index in [-0.39, 0.29) is 0 Å². The molecule has 1 fully saturated rings. The minimum absolute atomic E-state index is 0.336. The van der Waals surface area contributed by atoms with E-state index in [9.17, 15) is 21.6 Å². The summed E-state index contributed by atoms with van der Waals surface area (Å²) in [4.78, 5) is 21.2. The number of aryl methyl sites for hydroxylation is 1. The predicted octanol–water partition coefficient (Wildman–Crippen LogP) is 4.93. The van der Waals surface area contributed by atoms with Crippen molar-refractivity contribution in [1.29, 1.82) is 0 Å². The van der Waals surface area contributed by atoms with Gasteiger partial charge in [0.1, 0.15) is 18.0 Å². The molecule has 1 aromatic carbocycles. The standard InChI is InChI=1S/C24H24N4O3S.C2HF3O2/c1-17-4-7-20(15-26-17)31-16-19-14-23-22(10-11-25-24(23)27-19)18-5-8-21(9-6-18)32(29,30)28-12-2-3-13-28;3-2(4,5)1(6)7/h4-11,14-15H,2-3,12-13,16H2,1H3,(H,25,27);(H,6,7). The number of halogens is 3. The molecule has 9 nitrogen and oxygen atoms in total. The molecule has 13 heteroatoms. The molecular weight excluding hydrogens is 537 g/mol. The second-order valence-corrected chi connectivity index (χ2v) is 10.7. The van der Waals surface area contributed by atoms with Crippen LogP contribution in [0.2, 0.25) is 0 Å². The summed E-state index contributed by atoms with van der Waals surface area (Å²) >= 11 is 0. The summed E-state index contributed by atoms with van der Waals surface area (Å²) in [6.45, 7) is 3.50. The Morgan fingerprint density at radius 1 is 1.08 bits per heavy atom. The molecule has 2 N–H and O–H groups in total. The van der Waals surface area contributed by atoms with Gasteiger partial charge in [-0.2, -0.15) is 17.5 Å². The summed E-state index contributed by atoms with van der Waals surface area (Å²) in [5, 5.41) is 8.09. The number of sulfonamides is 1. The van der Waals surface area contributed by atoms with Crippen LogP contribution >= 0.6 is 0 Å². The second-order valence-electron chi connectivity index (χ2n) is 8.78. The quantitative estimate of drug-likeness (QED) is 0.341. The van der Waals surface area contributed by atoms with Crippen LogP contribution in [0.15, 0.2) is 65.8 Å². The van der Waals surface area contributed by atoms with Crippen molar-refractivity contribution in [1.82, 2.24) is 19.3 Å². The fourth-order valence-electron chi connectivity index (χ4n) is 4.00. The van der Waals surface area contributed by atoms with Crippen LogP contribution < -0.4 is 4.74 Å². The molecule has 0 atom stereocenters. The van der Waals surface area contributed by atoms with Gasteiger partial charge in [-0.05, 0) is 67.3 Å². The van der Waals surface area contributed by atoms with Crippen LogP contribution in [0.5, 0.6) is 5.75 Å². The first-order valence-corrected chi connectivity index (χ1v) is 13.3. The average Bonchev–Trinajstić information content (AvgIpc) is 3.59. The van der Waals surface area contributed by atoms with Crippen molar-refractivity contribution in [2.75, 3.05) is 13.1 Å². The Morgan fingerprint density at radius 3 is 2.33 bits per heavy atom. The van der Waals surface area contributed by atoms with E-state index in [4.69, 9.17) is 14.6 Å². The molecule has 39 heavy (non-hydrogen) atoms. The zero-order valence-corrected chi connectivity index (χ0v) is 21.6. The number of nitrogens with one attached hydrogen (secondary N) is 1. The third-order valence-electron chi connectivity index (χ3n) is 5.98. The van der Waals surface area contributed by atoms with Crippen LogP contribution in [0, 0.1) is 6.92 Å². The Morgan fingerprint density at radius 2 is 1.74 bits per heavy atom. The maximum absolute atomic E-state index is 12.8. The van der Waals surface area contributed by atoms with Crippen LogP contribution in [-0.2, 0) is 21.4 Å². The van der Waals surface area contributed by atoms with Gasteiger partial charge in [0.15, 0.2) is 0 Å². The van der Waals surface area contributed by atoms with E-state index in [1.807, 2.05) is 43.3 Å². The van der Waals surface area contributed by atoms with Crippen molar-refractivity contribution >= 4 is 27.0 Å². The van der Waals surface area contributed by atoms with Crippen molar-refractivity contribution in [2.45, 2.75) is 37.4 Å². The highest BCUT2D eigenvalue weighted by atomic mass is 32.2. The van der Waals surface area contributed by atoms with Gasteiger partial charge in [-0.25, -0.2) is 18.2 Å². The zero-order valence-electron chi connectivity index (χ0n) is 20.8. The second kappa shape index (κ2) is 11.4. The van der Waals surface area contributed by atoms with Gasteiger partial charge in [0.05, 0.1) is 16.8 Å². The number of carboxylic acids is 1. The molecule has 206 valence electrons. The highest BCUT2D eigenvalue weighted by molar-refractivity contribution is 7.89. The molecule has 0 aliphatic carbocycles. The number of aromatic nitrogens is 3. The first-order valence-electron chi connectivity index (χ1n) is 11.9. The van der Waals surface area contributed by atoms with Crippen LogP contribution in [-0.4, -0.2) is 58.0 Å². The summed E-state index contributed by atoms with van der Waals surface area (Å²) in [5.74, 6) is -2.05. The van der Waals surface area contributed by atoms with Gasteiger partial charge < -0.3 is 14.8 Å². The van der Waals surface area contributed by atoms with Crippen molar-refractivity contribution in [3.8, 4) is 16.9 Å². The maximum Gasteiger partial charge on any atom is 0.490 e. The normalized spacial score (nSPS) is 14.2. The highest BCUT2D eigenvalue weighted by Crippen LogP contribution is 2.30. The van der Waals surface area contributed by atoms with Crippen LogP contribution in [0.4, 0.5) is 13.2 Å². The number of rotatable bonds is 6. The molecule has 0 unspecified atom stereocenters. The molecular formula is C26H25F3N4O5S. The molecule has 0 saturated carbocycles. The minimum atomic E-state index is -5.08. The molecule has 1 aliphatic heterocycles. The van der Waals surface area contributed by atoms with E-state index in [1.54, 1.807) is 28.8 Å². The van der Waals surface area contributed by atoms with E-state index in [2.05, 4.69) is 15.0 Å². The third-order valence-corrected chi connectivity index (χ3v) is 7.89.